The summed E-state index contributed by atoms with van der Waals surface area (Å²) in [7, 11) is 1.80. The van der Waals surface area contributed by atoms with Crippen molar-refractivity contribution in [3.8, 4) is 11.1 Å². The van der Waals surface area contributed by atoms with E-state index in [1.807, 2.05) is 42.5 Å². The number of carbonyl (C=O) groups excluding carboxylic acids is 1. The normalized spacial score (nSPS) is 10.7. The molecule has 0 saturated carbocycles. The largest absolute Gasteiger partial charge is 0.298 e. The molecule has 88 valence electrons. The Balaban J connectivity index is 2.09. The molecule has 0 spiro atoms. The molecule has 0 aliphatic rings. The number of aldehydes is 1. The maximum absolute atomic E-state index is 10.6. The molecule has 0 N–H and O–H groups in total. The zero-order valence-corrected chi connectivity index (χ0v) is 9.87. The zero-order chi connectivity index (χ0) is 12.5. The molecule has 0 saturated heterocycles. The molecule has 4 nitrogen and oxygen atoms in total. The summed E-state index contributed by atoms with van der Waals surface area (Å²) in [6, 6.07) is 13.4. The molecule has 0 fully saturated rings. The molecule has 2 aromatic carbocycles. The van der Waals surface area contributed by atoms with Gasteiger partial charge in [0.25, 0.3) is 0 Å². The lowest BCUT2D eigenvalue weighted by molar-refractivity contribution is 0.112. The third-order valence-electron chi connectivity index (χ3n) is 2.86. The molecule has 4 heteroatoms. The van der Waals surface area contributed by atoms with Gasteiger partial charge in [-0.3, -0.25) is 4.79 Å². The van der Waals surface area contributed by atoms with E-state index in [1.54, 1.807) is 11.8 Å². The van der Waals surface area contributed by atoms with E-state index in [2.05, 4.69) is 10.2 Å². The molecule has 18 heavy (non-hydrogen) atoms. The number of hydrogen-bond donors (Lipinski definition) is 0. The first-order valence-electron chi connectivity index (χ1n) is 5.63. The summed E-state index contributed by atoms with van der Waals surface area (Å²) < 4.78 is 0. The molecule has 0 bridgehead atoms. The highest BCUT2D eigenvalue weighted by Gasteiger charge is 2.03. The van der Waals surface area contributed by atoms with Crippen molar-refractivity contribution in [3.63, 3.8) is 0 Å². The van der Waals surface area contributed by atoms with Crippen LogP contribution in [0, 0.1) is 0 Å². The van der Waals surface area contributed by atoms with Gasteiger partial charge in [0.05, 0.1) is 0 Å². The second-order valence-electron chi connectivity index (χ2n) is 4.13. The van der Waals surface area contributed by atoms with Gasteiger partial charge >= 0.3 is 0 Å². The van der Waals surface area contributed by atoms with Crippen LogP contribution in [0.2, 0.25) is 0 Å². The number of aryl methyl sites for hydroxylation is 1. The lowest BCUT2D eigenvalue weighted by atomic mass is 10.0. The predicted molar refractivity (Wildman–Crippen MR) is 69.3 cm³/mol. The van der Waals surface area contributed by atoms with E-state index < -0.39 is 0 Å². The fraction of sp³-hybridized carbons (Fsp3) is 0.0714. The van der Waals surface area contributed by atoms with Crippen LogP contribution in [0.15, 0.2) is 42.5 Å². The number of aromatic nitrogens is 3. The molecule has 1 aromatic heterocycles. The monoisotopic (exact) mass is 237 g/mol. The van der Waals surface area contributed by atoms with Crippen LogP contribution < -0.4 is 0 Å². The van der Waals surface area contributed by atoms with Crippen molar-refractivity contribution < 1.29 is 4.79 Å². The highest BCUT2D eigenvalue weighted by Crippen LogP contribution is 2.22. The second kappa shape index (κ2) is 4.07. The van der Waals surface area contributed by atoms with Crippen LogP contribution in [0.5, 0.6) is 0 Å². The SMILES string of the molecule is Cn1nc2ccc(-c3ccc(C=O)cc3)cc2n1. The van der Waals surface area contributed by atoms with Gasteiger partial charge in [0, 0.05) is 12.6 Å². The first kappa shape index (κ1) is 10.7. The van der Waals surface area contributed by atoms with Gasteiger partial charge in [0.2, 0.25) is 0 Å². The first-order chi connectivity index (χ1) is 8.76. The lowest BCUT2D eigenvalue weighted by Gasteiger charge is -2.01. The minimum atomic E-state index is 0.680. The number of fused-ring (bicyclic) bond motifs is 1. The van der Waals surface area contributed by atoms with Crippen molar-refractivity contribution in [3.05, 3.63) is 48.0 Å². The van der Waals surface area contributed by atoms with Gasteiger partial charge in [-0.15, -0.1) is 0 Å². The van der Waals surface area contributed by atoms with Crippen molar-refractivity contribution in [2.75, 3.05) is 0 Å². The molecule has 3 aromatic rings. The average molecular weight is 237 g/mol. The quantitative estimate of drug-likeness (QED) is 0.643. The Morgan fingerprint density at radius 2 is 1.61 bits per heavy atom. The minimum Gasteiger partial charge on any atom is -0.298 e. The Labute approximate surface area is 104 Å². The van der Waals surface area contributed by atoms with Gasteiger partial charge in [-0.05, 0) is 23.3 Å². The van der Waals surface area contributed by atoms with E-state index >= 15 is 0 Å². The molecule has 3 rings (SSSR count). The number of rotatable bonds is 2. The van der Waals surface area contributed by atoms with Crippen LogP contribution >= 0.6 is 0 Å². The average Bonchev–Trinajstić information content (AvgIpc) is 2.78. The Bertz CT molecular complexity index is 713. The smallest absolute Gasteiger partial charge is 0.150 e. The highest BCUT2D eigenvalue weighted by molar-refractivity contribution is 5.82. The summed E-state index contributed by atoms with van der Waals surface area (Å²) in [6.07, 6.45) is 0.843. The maximum atomic E-state index is 10.6. The van der Waals surface area contributed by atoms with E-state index in [9.17, 15) is 4.79 Å². The summed E-state index contributed by atoms with van der Waals surface area (Å²) in [4.78, 5) is 12.2. The minimum absolute atomic E-state index is 0.680. The fourth-order valence-corrected chi connectivity index (χ4v) is 1.96. The summed E-state index contributed by atoms with van der Waals surface area (Å²) in [5.41, 5.74) is 4.56. The van der Waals surface area contributed by atoms with Gasteiger partial charge in [0.1, 0.15) is 17.3 Å². The van der Waals surface area contributed by atoms with E-state index in [0.29, 0.717) is 5.56 Å². The van der Waals surface area contributed by atoms with Crippen LogP contribution in [0.4, 0.5) is 0 Å². The van der Waals surface area contributed by atoms with E-state index in [-0.39, 0.29) is 0 Å². The number of benzene rings is 2. The van der Waals surface area contributed by atoms with Crippen LogP contribution in [0.25, 0.3) is 22.2 Å². The molecular weight excluding hydrogens is 226 g/mol. The fourth-order valence-electron chi connectivity index (χ4n) is 1.96. The molecule has 0 aliphatic heterocycles. The Morgan fingerprint density at radius 3 is 2.33 bits per heavy atom. The number of nitrogens with zero attached hydrogens (tertiary/aromatic N) is 3. The van der Waals surface area contributed by atoms with Gasteiger partial charge in [0.15, 0.2) is 0 Å². The molecule has 0 radical (unpaired) electrons. The molecule has 1 heterocycles. The van der Waals surface area contributed by atoms with Crippen LogP contribution in [-0.4, -0.2) is 21.3 Å². The molecule has 0 aliphatic carbocycles. The molecule has 0 atom stereocenters. The molecular formula is C14H11N3O. The van der Waals surface area contributed by atoms with E-state index in [0.717, 1.165) is 28.4 Å². The van der Waals surface area contributed by atoms with Gasteiger partial charge in [-0.25, -0.2) is 0 Å². The summed E-state index contributed by atoms with van der Waals surface area (Å²) in [6.45, 7) is 0. The van der Waals surface area contributed by atoms with Crippen molar-refractivity contribution in [2.24, 2.45) is 7.05 Å². The molecule has 0 amide bonds. The van der Waals surface area contributed by atoms with Crippen molar-refractivity contribution in [1.29, 1.82) is 0 Å². The van der Waals surface area contributed by atoms with Gasteiger partial charge in [-0.2, -0.15) is 15.0 Å². The van der Waals surface area contributed by atoms with E-state index in [1.165, 1.54) is 0 Å². The molecule has 0 unspecified atom stereocenters. The van der Waals surface area contributed by atoms with Crippen molar-refractivity contribution >= 4 is 17.3 Å². The Morgan fingerprint density at radius 1 is 0.944 bits per heavy atom. The van der Waals surface area contributed by atoms with Crippen LogP contribution in [0.3, 0.4) is 0 Å². The van der Waals surface area contributed by atoms with Crippen molar-refractivity contribution in [1.82, 2.24) is 15.0 Å². The third kappa shape index (κ3) is 1.78. The summed E-state index contributed by atoms with van der Waals surface area (Å²) in [5.74, 6) is 0. The van der Waals surface area contributed by atoms with Gasteiger partial charge < -0.3 is 0 Å². The van der Waals surface area contributed by atoms with Crippen LogP contribution in [0.1, 0.15) is 10.4 Å². The standard InChI is InChI=1S/C14H11N3O/c1-17-15-13-7-6-12(8-14(13)16-17)11-4-2-10(9-18)3-5-11/h2-9H,1H3. The second-order valence-corrected chi connectivity index (χ2v) is 4.13. The number of carbonyl (C=O) groups is 1. The summed E-state index contributed by atoms with van der Waals surface area (Å²) >= 11 is 0. The first-order valence-corrected chi connectivity index (χ1v) is 5.63. The Kier molecular flexibility index (Phi) is 2.41. The van der Waals surface area contributed by atoms with Gasteiger partial charge in [-0.1, -0.05) is 30.3 Å². The zero-order valence-electron chi connectivity index (χ0n) is 9.87. The van der Waals surface area contributed by atoms with Crippen molar-refractivity contribution in [2.45, 2.75) is 0 Å². The summed E-state index contributed by atoms with van der Waals surface area (Å²) in [5, 5.41) is 8.52. The van der Waals surface area contributed by atoms with E-state index in [4.69, 9.17) is 0 Å². The number of hydrogen-bond acceptors (Lipinski definition) is 3. The highest BCUT2D eigenvalue weighted by atomic mass is 16.1. The topological polar surface area (TPSA) is 47.8 Å². The Hall–Kier alpha value is -2.49. The maximum Gasteiger partial charge on any atom is 0.150 e. The van der Waals surface area contributed by atoms with Crippen LogP contribution in [-0.2, 0) is 7.05 Å². The predicted octanol–water partition coefficient (Wildman–Crippen LogP) is 2.45. The third-order valence-corrected chi connectivity index (χ3v) is 2.86. The lowest BCUT2D eigenvalue weighted by Crippen LogP contribution is -1.90.